The molecule has 5 nitrogen and oxygen atoms in total. The number of anilines is 1. The van der Waals surface area contributed by atoms with Gasteiger partial charge in [0.2, 0.25) is 0 Å². The highest BCUT2D eigenvalue weighted by Gasteiger charge is 2.34. The zero-order valence-corrected chi connectivity index (χ0v) is 17.2. The van der Waals surface area contributed by atoms with Crippen molar-refractivity contribution in [3.05, 3.63) is 76.3 Å². The highest BCUT2D eigenvalue weighted by molar-refractivity contribution is 6.26. The third kappa shape index (κ3) is 2.73. The van der Waals surface area contributed by atoms with E-state index in [9.17, 15) is 9.59 Å². The van der Waals surface area contributed by atoms with Crippen molar-refractivity contribution in [1.82, 2.24) is 5.01 Å². The third-order valence-corrected chi connectivity index (χ3v) is 6.19. The van der Waals surface area contributed by atoms with E-state index >= 15 is 0 Å². The van der Waals surface area contributed by atoms with Gasteiger partial charge in [0.25, 0.3) is 11.8 Å². The summed E-state index contributed by atoms with van der Waals surface area (Å²) in [6.07, 6.45) is 3.50. The molecule has 0 saturated heterocycles. The molecular formula is C25H23N3O2. The Morgan fingerprint density at radius 3 is 1.93 bits per heavy atom. The van der Waals surface area contributed by atoms with Gasteiger partial charge in [0.05, 0.1) is 17.3 Å². The van der Waals surface area contributed by atoms with E-state index in [1.807, 2.05) is 48.5 Å². The fourth-order valence-corrected chi connectivity index (χ4v) is 4.60. The molecule has 1 aliphatic heterocycles. The van der Waals surface area contributed by atoms with Gasteiger partial charge in [-0.2, -0.15) is 10.1 Å². The van der Waals surface area contributed by atoms with Gasteiger partial charge in [-0.1, -0.05) is 24.3 Å². The first kappa shape index (κ1) is 18.6. The van der Waals surface area contributed by atoms with Crippen LogP contribution in [0.25, 0.3) is 10.8 Å². The summed E-state index contributed by atoms with van der Waals surface area (Å²) >= 11 is 0. The monoisotopic (exact) mass is 397 g/mol. The number of hydrazone groups is 1. The zero-order valence-electron chi connectivity index (χ0n) is 17.2. The van der Waals surface area contributed by atoms with Crippen LogP contribution in [-0.2, 0) is 12.8 Å². The number of hydrogen-bond donors (Lipinski definition) is 0. The van der Waals surface area contributed by atoms with Crippen LogP contribution in [0.3, 0.4) is 0 Å². The SMILES string of the molecule is CCN(CC)c1ccc(/C=N\N2C(=O)c3ccc4c5c(ccc(c35)C2=O)CC4)cc1. The molecule has 3 aromatic carbocycles. The van der Waals surface area contributed by atoms with Gasteiger partial charge in [-0.05, 0) is 73.0 Å². The van der Waals surface area contributed by atoms with E-state index in [2.05, 4.69) is 23.8 Å². The lowest BCUT2D eigenvalue weighted by atomic mass is 9.92. The van der Waals surface area contributed by atoms with E-state index in [0.717, 1.165) is 53.0 Å². The van der Waals surface area contributed by atoms with Crippen LogP contribution in [0.1, 0.15) is 51.3 Å². The normalized spacial score (nSPS) is 14.9. The summed E-state index contributed by atoms with van der Waals surface area (Å²) < 4.78 is 0. The molecule has 2 amide bonds. The van der Waals surface area contributed by atoms with Gasteiger partial charge in [0, 0.05) is 24.2 Å². The number of nitrogens with zero attached hydrogens (tertiary/aromatic N) is 3. The van der Waals surface area contributed by atoms with Gasteiger partial charge in [-0.25, -0.2) is 0 Å². The molecule has 0 bridgehead atoms. The molecule has 0 unspecified atom stereocenters. The second-order valence-corrected chi connectivity index (χ2v) is 7.72. The quantitative estimate of drug-likeness (QED) is 0.473. The molecule has 2 aliphatic rings. The Kier molecular flexibility index (Phi) is 4.39. The average Bonchev–Trinajstić information content (AvgIpc) is 3.20. The van der Waals surface area contributed by atoms with E-state index in [-0.39, 0.29) is 11.8 Å². The van der Waals surface area contributed by atoms with E-state index in [1.54, 1.807) is 6.21 Å². The van der Waals surface area contributed by atoms with E-state index in [4.69, 9.17) is 0 Å². The highest BCUT2D eigenvalue weighted by atomic mass is 16.2. The lowest BCUT2D eigenvalue weighted by Crippen LogP contribution is -2.36. The first-order chi connectivity index (χ1) is 14.6. The number of benzene rings is 3. The number of amides is 2. The van der Waals surface area contributed by atoms with Crippen molar-refractivity contribution in [3.63, 3.8) is 0 Å². The van der Waals surface area contributed by atoms with Crippen LogP contribution in [0.15, 0.2) is 53.6 Å². The third-order valence-electron chi connectivity index (χ3n) is 6.19. The minimum atomic E-state index is -0.362. The summed E-state index contributed by atoms with van der Waals surface area (Å²) in [5.74, 6) is -0.724. The van der Waals surface area contributed by atoms with Gasteiger partial charge in [-0.3, -0.25) is 9.59 Å². The second kappa shape index (κ2) is 7.10. The molecule has 0 aromatic heterocycles. The second-order valence-electron chi connectivity index (χ2n) is 7.72. The molecule has 0 spiro atoms. The number of carbonyl (C=O) groups is 2. The van der Waals surface area contributed by atoms with Crippen molar-refractivity contribution >= 4 is 34.5 Å². The smallest absolute Gasteiger partial charge is 0.282 e. The van der Waals surface area contributed by atoms with Gasteiger partial charge >= 0.3 is 0 Å². The fraction of sp³-hybridized carbons (Fsp3) is 0.240. The number of aryl methyl sites for hydroxylation is 2. The van der Waals surface area contributed by atoms with Crippen molar-refractivity contribution in [2.45, 2.75) is 26.7 Å². The minimum absolute atomic E-state index is 0.362. The molecular weight excluding hydrogens is 374 g/mol. The number of imide groups is 1. The summed E-state index contributed by atoms with van der Waals surface area (Å²) in [5.41, 5.74) is 5.53. The Labute approximate surface area is 175 Å². The van der Waals surface area contributed by atoms with E-state index < -0.39 is 0 Å². The molecule has 0 atom stereocenters. The average molecular weight is 397 g/mol. The van der Waals surface area contributed by atoms with Crippen molar-refractivity contribution in [2.75, 3.05) is 18.0 Å². The van der Waals surface area contributed by atoms with E-state index in [0.29, 0.717) is 11.1 Å². The summed E-state index contributed by atoms with van der Waals surface area (Å²) in [6.45, 7) is 6.12. The molecule has 150 valence electrons. The minimum Gasteiger partial charge on any atom is -0.372 e. The van der Waals surface area contributed by atoms with Gasteiger partial charge in [-0.15, -0.1) is 0 Å². The predicted molar refractivity (Wildman–Crippen MR) is 119 cm³/mol. The van der Waals surface area contributed by atoms with Gasteiger partial charge < -0.3 is 4.90 Å². The number of rotatable bonds is 5. The number of carbonyl (C=O) groups excluding carboxylic acids is 2. The van der Waals surface area contributed by atoms with Crippen LogP contribution in [0.2, 0.25) is 0 Å². The molecule has 0 N–H and O–H groups in total. The Balaban J connectivity index is 1.48. The van der Waals surface area contributed by atoms with Crippen LogP contribution in [-0.4, -0.2) is 36.1 Å². The lowest BCUT2D eigenvalue weighted by molar-refractivity contribution is 0.0616. The Bertz CT molecular complexity index is 1150. The van der Waals surface area contributed by atoms with Gasteiger partial charge in [0.1, 0.15) is 0 Å². The summed E-state index contributed by atoms with van der Waals surface area (Å²) in [6, 6.07) is 15.7. The van der Waals surface area contributed by atoms with Crippen molar-refractivity contribution in [2.24, 2.45) is 5.10 Å². The first-order valence-electron chi connectivity index (χ1n) is 10.5. The van der Waals surface area contributed by atoms with Crippen LogP contribution in [0.4, 0.5) is 5.69 Å². The van der Waals surface area contributed by atoms with E-state index in [1.165, 1.54) is 11.1 Å². The van der Waals surface area contributed by atoms with Crippen molar-refractivity contribution in [1.29, 1.82) is 0 Å². The summed E-state index contributed by atoms with van der Waals surface area (Å²) in [4.78, 5) is 28.4. The largest absolute Gasteiger partial charge is 0.372 e. The maximum atomic E-state index is 13.1. The molecule has 5 rings (SSSR count). The summed E-state index contributed by atoms with van der Waals surface area (Å²) in [5, 5.41) is 7.15. The molecule has 1 aliphatic carbocycles. The maximum absolute atomic E-state index is 13.1. The molecule has 1 heterocycles. The van der Waals surface area contributed by atoms with Crippen LogP contribution in [0, 0.1) is 0 Å². The topological polar surface area (TPSA) is 53.0 Å². The Hall–Kier alpha value is -3.47. The highest BCUT2D eigenvalue weighted by Crippen LogP contribution is 2.38. The first-order valence-corrected chi connectivity index (χ1v) is 10.5. The number of hydrogen-bond acceptors (Lipinski definition) is 4. The molecule has 5 heteroatoms. The molecule has 30 heavy (non-hydrogen) atoms. The van der Waals surface area contributed by atoms with Crippen LogP contribution < -0.4 is 4.90 Å². The summed E-state index contributed by atoms with van der Waals surface area (Å²) in [7, 11) is 0. The molecule has 0 radical (unpaired) electrons. The zero-order chi connectivity index (χ0) is 20.8. The van der Waals surface area contributed by atoms with Crippen molar-refractivity contribution in [3.8, 4) is 0 Å². The molecule has 3 aromatic rings. The maximum Gasteiger partial charge on any atom is 0.282 e. The van der Waals surface area contributed by atoms with Crippen molar-refractivity contribution < 1.29 is 9.59 Å². The predicted octanol–water partition coefficient (Wildman–Crippen LogP) is 4.41. The lowest BCUT2D eigenvalue weighted by Gasteiger charge is -2.24. The van der Waals surface area contributed by atoms with Gasteiger partial charge in [0.15, 0.2) is 0 Å². The van der Waals surface area contributed by atoms with Crippen LogP contribution in [0.5, 0.6) is 0 Å². The van der Waals surface area contributed by atoms with Crippen LogP contribution >= 0.6 is 0 Å². The molecule has 0 saturated carbocycles. The Morgan fingerprint density at radius 1 is 0.833 bits per heavy atom. The Morgan fingerprint density at radius 2 is 1.40 bits per heavy atom. The molecule has 0 fully saturated rings. The standard InChI is InChI=1S/C25H23N3O2/c1-3-27(4-2)19-11-5-16(6-12-19)15-26-28-24(29)20-13-9-17-7-8-18-10-14-21(25(28)30)23(20)22(17)18/h5-6,9-15H,3-4,7-8H2,1-2H3/b26-15-. The fourth-order valence-electron chi connectivity index (χ4n) is 4.60.